The van der Waals surface area contributed by atoms with E-state index in [1.807, 2.05) is 0 Å². The number of halogens is 3. The lowest BCUT2D eigenvalue weighted by Crippen LogP contribution is -2.48. The molecule has 3 nitrogen and oxygen atoms in total. The second-order valence-corrected chi connectivity index (χ2v) is 4.30. The van der Waals surface area contributed by atoms with Crippen molar-refractivity contribution in [1.29, 1.82) is 0 Å². The first-order chi connectivity index (χ1) is 7.27. The summed E-state index contributed by atoms with van der Waals surface area (Å²) in [4.78, 5) is 10.2. The molecule has 2 atom stereocenters. The third-order valence-electron chi connectivity index (χ3n) is 3.22. The lowest BCUT2D eigenvalue weighted by atomic mass is 9.86. The van der Waals surface area contributed by atoms with Crippen LogP contribution in [0.4, 0.5) is 13.2 Å². The van der Waals surface area contributed by atoms with Crippen molar-refractivity contribution in [3.63, 3.8) is 0 Å². The highest BCUT2D eigenvalue weighted by atomic mass is 19.4. The maximum Gasteiger partial charge on any atom is 0.417 e. The maximum atomic E-state index is 12.6. The van der Waals surface area contributed by atoms with Crippen LogP contribution >= 0.6 is 0 Å². The quantitative estimate of drug-likeness (QED) is 0.792. The van der Waals surface area contributed by atoms with Crippen molar-refractivity contribution in [3.8, 4) is 0 Å². The largest absolute Gasteiger partial charge is 0.481 e. The summed E-state index contributed by atoms with van der Waals surface area (Å²) in [7, 11) is 0. The molecular weight excluding hydrogens is 225 g/mol. The van der Waals surface area contributed by atoms with E-state index in [2.05, 4.69) is 0 Å². The van der Waals surface area contributed by atoms with Gasteiger partial charge in [0.1, 0.15) is 0 Å². The molecule has 0 spiro atoms. The van der Waals surface area contributed by atoms with Crippen LogP contribution in [0.3, 0.4) is 0 Å². The molecule has 1 aliphatic carbocycles. The second-order valence-electron chi connectivity index (χ2n) is 4.30. The summed E-state index contributed by atoms with van der Waals surface area (Å²) in [5.74, 6) is -1.87. The number of hydrogen-bond acceptors (Lipinski definition) is 2. The number of carboxylic acid groups (broad SMARTS) is 1. The van der Waals surface area contributed by atoms with E-state index in [0.717, 1.165) is 0 Å². The highest BCUT2D eigenvalue weighted by Gasteiger charge is 2.59. The lowest BCUT2D eigenvalue weighted by Gasteiger charge is -2.32. The summed E-state index contributed by atoms with van der Waals surface area (Å²) in [6, 6.07) is 0. The number of alkyl halides is 3. The average Bonchev–Trinajstić information content (AvgIpc) is 2.47. The molecule has 0 amide bonds. The van der Waals surface area contributed by atoms with Gasteiger partial charge in [-0.2, -0.15) is 13.2 Å². The Kier molecular flexibility index (Phi) is 3.83. The Morgan fingerprint density at radius 2 is 2.06 bits per heavy atom. The van der Waals surface area contributed by atoms with Gasteiger partial charge in [-0.1, -0.05) is 0 Å². The fraction of sp³-hybridized carbons (Fsp3) is 0.900. The SMILES string of the molecule is O=C(O)CCCC1CCCC1(O)C(F)(F)F. The van der Waals surface area contributed by atoms with Crippen LogP contribution in [0.1, 0.15) is 38.5 Å². The molecule has 6 heteroatoms. The minimum Gasteiger partial charge on any atom is -0.481 e. The number of carbonyl (C=O) groups is 1. The van der Waals surface area contributed by atoms with Crippen LogP contribution in [0.25, 0.3) is 0 Å². The fourth-order valence-corrected chi connectivity index (χ4v) is 2.32. The van der Waals surface area contributed by atoms with Gasteiger partial charge in [0.2, 0.25) is 0 Å². The Labute approximate surface area is 91.3 Å². The summed E-state index contributed by atoms with van der Waals surface area (Å²) in [6.45, 7) is 0. The molecule has 16 heavy (non-hydrogen) atoms. The van der Waals surface area contributed by atoms with Crippen LogP contribution in [0.2, 0.25) is 0 Å². The molecule has 0 saturated heterocycles. The predicted molar refractivity (Wildman–Crippen MR) is 49.8 cm³/mol. The van der Waals surface area contributed by atoms with Gasteiger partial charge in [-0.25, -0.2) is 0 Å². The highest BCUT2D eigenvalue weighted by Crippen LogP contribution is 2.48. The van der Waals surface area contributed by atoms with Gasteiger partial charge >= 0.3 is 12.1 Å². The zero-order valence-electron chi connectivity index (χ0n) is 8.76. The van der Waals surface area contributed by atoms with Gasteiger partial charge in [0.25, 0.3) is 0 Å². The van der Waals surface area contributed by atoms with Crippen molar-refractivity contribution in [3.05, 3.63) is 0 Å². The topological polar surface area (TPSA) is 57.5 Å². The summed E-state index contributed by atoms with van der Waals surface area (Å²) in [5, 5.41) is 18.0. The van der Waals surface area contributed by atoms with Gasteiger partial charge in [0.15, 0.2) is 5.60 Å². The van der Waals surface area contributed by atoms with Crippen molar-refractivity contribution < 1.29 is 28.2 Å². The molecule has 0 aliphatic heterocycles. The molecule has 0 bridgehead atoms. The normalized spacial score (nSPS) is 30.6. The van der Waals surface area contributed by atoms with Crippen molar-refractivity contribution in [2.24, 2.45) is 5.92 Å². The summed E-state index contributed by atoms with van der Waals surface area (Å²) >= 11 is 0. The first-order valence-corrected chi connectivity index (χ1v) is 5.28. The second kappa shape index (κ2) is 4.61. The first kappa shape index (κ1) is 13.3. The van der Waals surface area contributed by atoms with Crippen LogP contribution in [0, 0.1) is 5.92 Å². The van der Waals surface area contributed by atoms with Crippen LogP contribution in [-0.4, -0.2) is 28.0 Å². The molecule has 0 heterocycles. The number of rotatable bonds is 4. The number of carboxylic acids is 1. The molecule has 0 aromatic carbocycles. The standard InChI is InChI=1S/C10H15F3O3/c11-10(12,13)9(16)6-2-4-7(9)3-1-5-8(14)15/h7,16H,1-6H2,(H,14,15). The molecule has 1 aliphatic rings. The van der Waals surface area contributed by atoms with E-state index in [9.17, 15) is 23.1 Å². The van der Waals surface area contributed by atoms with Crippen molar-refractivity contribution in [2.75, 3.05) is 0 Å². The van der Waals surface area contributed by atoms with Crippen LogP contribution < -0.4 is 0 Å². The molecule has 2 N–H and O–H groups in total. The van der Waals surface area contributed by atoms with Crippen molar-refractivity contribution in [1.82, 2.24) is 0 Å². The molecule has 1 rings (SSSR count). The molecular formula is C10H15F3O3. The van der Waals surface area contributed by atoms with Gasteiger partial charge in [-0.15, -0.1) is 0 Å². The minimum absolute atomic E-state index is 0.113. The Hall–Kier alpha value is -0.780. The molecule has 1 saturated carbocycles. The number of hydrogen-bond donors (Lipinski definition) is 2. The predicted octanol–water partition coefficient (Wildman–Crippen LogP) is 2.33. The zero-order valence-corrected chi connectivity index (χ0v) is 8.76. The average molecular weight is 240 g/mol. The lowest BCUT2D eigenvalue weighted by molar-refractivity contribution is -0.273. The van der Waals surface area contributed by atoms with Crippen molar-refractivity contribution >= 4 is 5.97 Å². The zero-order chi connectivity index (χ0) is 12.4. The van der Waals surface area contributed by atoms with Crippen LogP contribution in [0.5, 0.6) is 0 Å². The van der Waals surface area contributed by atoms with Gasteiger partial charge in [-0.3, -0.25) is 4.79 Å². The summed E-state index contributed by atoms with van der Waals surface area (Å²) in [5.41, 5.74) is -2.61. The number of aliphatic hydroxyl groups is 1. The molecule has 1 fully saturated rings. The Morgan fingerprint density at radius 3 is 2.56 bits per heavy atom. The van der Waals surface area contributed by atoms with Gasteiger partial charge in [0.05, 0.1) is 0 Å². The van der Waals surface area contributed by atoms with Crippen molar-refractivity contribution in [2.45, 2.75) is 50.3 Å². The monoisotopic (exact) mass is 240 g/mol. The minimum atomic E-state index is -4.61. The Bertz CT molecular complexity index is 265. The Morgan fingerprint density at radius 1 is 1.44 bits per heavy atom. The van der Waals surface area contributed by atoms with E-state index in [-0.39, 0.29) is 25.7 Å². The van der Waals surface area contributed by atoms with E-state index in [1.165, 1.54) is 0 Å². The van der Waals surface area contributed by atoms with Crippen LogP contribution in [0.15, 0.2) is 0 Å². The van der Waals surface area contributed by atoms with Gasteiger partial charge in [-0.05, 0) is 38.0 Å². The summed E-state index contributed by atoms with van der Waals surface area (Å²) < 4.78 is 37.8. The van der Waals surface area contributed by atoms with Gasteiger partial charge in [0, 0.05) is 6.42 Å². The molecule has 0 radical (unpaired) electrons. The van der Waals surface area contributed by atoms with E-state index in [1.54, 1.807) is 0 Å². The molecule has 0 aromatic heterocycles. The highest BCUT2D eigenvalue weighted by molar-refractivity contribution is 5.66. The Balaban J connectivity index is 2.56. The van der Waals surface area contributed by atoms with E-state index >= 15 is 0 Å². The smallest absolute Gasteiger partial charge is 0.417 e. The fourth-order valence-electron chi connectivity index (χ4n) is 2.32. The maximum absolute atomic E-state index is 12.6. The summed E-state index contributed by atoms with van der Waals surface area (Å²) in [6.07, 6.45) is -4.08. The third-order valence-corrected chi connectivity index (χ3v) is 3.22. The van der Waals surface area contributed by atoms with E-state index in [4.69, 9.17) is 5.11 Å². The molecule has 94 valence electrons. The third kappa shape index (κ3) is 2.66. The number of aliphatic carboxylic acids is 1. The van der Waals surface area contributed by atoms with E-state index in [0.29, 0.717) is 12.8 Å². The molecule has 0 aromatic rings. The molecule has 2 unspecified atom stereocenters. The van der Waals surface area contributed by atoms with Gasteiger partial charge < -0.3 is 10.2 Å². The first-order valence-electron chi connectivity index (χ1n) is 5.28. The van der Waals surface area contributed by atoms with E-state index < -0.39 is 23.7 Å². The van der Waals surface area contributed by atoms with Crippen LogP contribution in [-0.2, 0) is 4.79 Å².